The first-order valence-electron chi connectivity index (χ1n) is 4.36. The van der Waals surface area contributed by atoms with Crippen molar-refractivity contribution in [3.63, 3.8) is 0 Å². The van der Waals surface area contributed by atoms with Crippen molar-refractivity contribution in [3.8, 4) is 0 Å². The maximum absolute atomic E-state index is 12.2. The largest absolute Gasteiger partial charge is 0.341 e. The Bertz CT molecular complexity index is 501. The molecular weight excluding hydrogens is 276 g/mol. The summed E-state index contributed by atoms with van der Waals surface area (Å²) in [6, 6.07) is 4.40. The van der Waals surface area contributed by atoms with Crippen molar-refractivity contribution in [1.29, 1.82) is 0 Å². The minimum absolute atomic E-state index is 0.253. The normalized spacial score (nSPS) is 11.5. The Morgan fingerprint density at radius 3 is 2.24 bits per heavy atom. The van der Waals surface area contributed by atoms with Crippen LogP contribution in [0.2, 0.25) is 0 Å². The van der Waals surface area contributed by atoms with Gasteiger partial charge in [-0.3, -0.25) is 4.79 Å². The highest BCUT2D eigenvalue weighted by Crippen LogP contribution is 2.20. The van der Waals surface area contributed by atoms with Crippen LogP contribution >= 0.6 is 11.6 Å². The highest BCUT2D eigenvalue weighted by Gasteiger charge is 2.26. The maximum Gasteiger partial charge on any atom is 0.341 e. The van der Waals surface area contributed by atoms with E-state index in [-0.39, 0.29) is 11.6 Å². The number of hydrogen-bond donors (Lipinski definition) is 1. The lowest BCUT2D eigenvalue weighted by atomic mass is 10.3. The minimum Gasteiger partial charge on any atom is -0.325 e. The van der Waals surface area contributed by atoms with Gasteiger partial charge in [0.2, 0.25) is 15.7 Å². The van der Waals surface area contributed by atoms with Gasteiger partial charge in [0.1, 0.15) is 5.88 Å². The van der Waals surface area contributed by atoms with Gasteiger partial charge in [0, 0.05) is 5.69 Å². The Morgan fingerprint density at radius 2 is 1.82 bits per heavy atom. The summed E-state index contributed by atoms with van der Waals surface area (Å²) in [5, 5.41) is 2.35. The number of sulfone groups is 1. The van der Waals surface area contributed by atoms with E-state index in [4.69, 9.17) is 11.6 Å². The van der Waals surface area contributed by atoms with E-state index in [0.29, 0.717) is 0 Å². The van der Waals surface area contributed by atoms with Gasteiger partial charge >= 0.3 is 5.76 Å². The summed E-state index contributed by atoms with van der Waals surface area (Å²) in [5.74, 6) is -4.20. The molecule has 0 fully saturated rings. The molecule has 1 aromatic rings. The van der Waals surface area contributed by atoms with Crippen molar-refractivity contribution in [2.45, 2.75) is 10.7 Å². The Hall–Kier alpha value is -1.21. The molecule has 0 saturated carbocycles. The van der Waals surface area contributed by atoms with Crippen molar-refractivity contribution in [2.75, 3.05) is 11.2 Å². The number of nitrogens with one attached hydrogen (secondary N) is 1. The number of rotatable bonds is 4. The van der Waals surface area contributed by atoms with E-state index in [9.17, 15) is 22.0 Å². The molecule has 0 aliphatic heterocycles. The number of carbonyl (C=O) groups excluding carboxylic acids is 1. The number of halogens is 3. The standard InChI is InChI=1S/C9H8ClF2NO3S/c10-5-8(14)13-6-1-3-7(4-2-6)17(15,16)9(11)12/h1-4,9H,5H2,(H,13,14). The lowest BCUT2D eigenvalue weighted by Gasteiger charge is -2.05. The first-order valence-corrected chi connectivity index (χ1v) is 6.44. The second-order valence-corrected chi connectivity index (χ2v) is 5.20. The van der Waals surface area contributed by atoms with Gasteiger partial charge in [0.15, 0.2) is 0 Å². The van der Waals surface area contributed by atoms with E-state index in [0.717, 1.165) is 12.1 Å². The molecule has 0 aromatic heterocycles. The van der Waals surface area contributed by atoms with Gasteiger partial charge < -0.3 is 5.32 Å². The monoisotopic (exact) mass is 283 g/mol. The van der Waals surface area contributed by atoms with Gasteiger partial charge in [-0.2, -0.15) is 8.78 Å². The van der Waals surface area contributed by atoms with Crippen LogP contribution in [0.1, 0.15) is 0 Å². The van der Waals surface area contributed by atoms with Crippen LogP contribution in [-0.4, -0.2) is 26.0 Å². The topological polar surface area (TPSA) is 63.2 Å². The van der Waals surface area contributed by atoms with Gasteiger partial charge in [0.05, 0.1) is 4.90 Å². The fourth-order valence-corrected chi connectivity index (χ4v) is 1.81. The van der Waals surface area contributed by atoms with Gasteiger partial charge in [0.25, 0.3) is 0 Å². The summed E-state index contributed by atoms with van der Waals surface area (Å²) < 4.78 is 46.5. The number of benzene rings is 1. The van der Waals surface area contributed by atoms with Crippen LogP contribution in [0.4, 0.5) is 14.5 Å². The summed E-state index contributed by atoms with van der Waals surface area (Å²) in [5.41, 5.74) is 0.281. The average molecular weight is 284 g/mol. The minimum atomic E-state index is -4.60. The molecule has 0 atom stereocenters. The van der Waals surface area contributed by atoms with Crippen LogP contribution in [0.25, 0.3) is 0 Å². The van der Waals surface area contributed by atoms with Crippen molar-refractivity contribution in [1.82, 2.24) is 0 Å². The molecule has 0 aliphatic carbocycles. The predicted molar refractivity (Wildman–Crippen MR) is 59.0 cm³/mol. The smallest absolute Gasteiger partial charge is 0.325 e. The molecule has 1 aromatic carbocycles. The molecule has 0 saturated heterocycles. The van der Waals surface area contributed by atoms with E-state index >= 15 is 0 Å². The third kappa shape index (κ3) is 3.37. The van der Waals surface area contributed by atoms with E-state index < -0.39 is 26.4 Å². The molecule has 0 heterocycles. The number of alkyl halides is 3. The Kier molecular flexibility index (Phi) is 4.41. The molecule has 8 heteroatoms. The van der Waals surface area contributed by atoms with Gasteiger partial charge in [-0.1, -0.05) is 0 Å². The number of carbonyl (C=O) groups is 1. The van der Waals surface area contributed by atoms with Crippen LogP contribution in [0, 0.1) is 0 Å². The van der Waals surface area contributed by atoms with E-state index in [2.05, 4.69) is 5.32 Å². The summed E-state index contributed by atoms with van der Waals surface area (Å²) in [6.07, 6.45) is 0. The van der Waals surface area contributed by atoms with Crippen LogP contribution in [0.15, 0.2) is 29.2 Å². The van der Waals surface area contributed by atoms with Gasteiger partial charge in [-0.15, -0.1) is 11.6 Å². The molecule has 0 bridgehead atoms. The Labute approximate surface area is 101 Å². The highest BCUT2D eigenvalue weighted by atomic mass is 35.5. The zero-order chi connectivity index (χ0) is 13.1. The lowest BCUT2D eigenvalue weighted by Crippen LogP contribution is -2.13. The molecular formula is C9H8ClF2NO3S. The second-order valence-electron chi connectivity index (χ2n) is 3.01. The van der Waals surface area contributed by atoms with Crippen LogP contribution in [-0.2, 0) is 14.6 Å². The maximum atomic E-state index is 12.2. The fourth-order valence-electron chi connectivity index (χ4n) is 1.03. The van der Waals surface area contributed by atoms with Gasteiger partial charge in [-0.05, 0) is 24.3 Å². The van der Waals surface area contributed by atoms with E-state index in [1.165, 1.54) is 12.1 Å². The summed E-state index contributed by atoms with van der Waals surface area (Å²) >= 11 is 5.24. The molecule has 0 radical (unpaired) electrons. The molecule has 0 aliphatic rings. The van der Waals surface area contributed by atoms with Crippen LogP contribution in [0.3, 0.4) is 0 Å². The van der Waals surface area contributed by atoms with E-state index in [1.54, 1.807) is 0 Å². The zero-order valence-corrected chi connectivity index (χ0v) is 9.93. The number of anilines is 1. The molecule has 1 rings (SSSR count). The SMILES string of the molecule is O=C(CCl)Nc1ccc(S(=O)(=O)C(F)F)cc1. The second kappa shape index (κ2) is 5.42. The molecule has 0 unspecified atom stereocenters. The highest BCUT2D eigenvalue weighted by molar-refractivity contribution is 7.91. The lowest BCUT2D eigenvalue weighted by molar-refractivity contribution is -0.113. The molecule has 0 spiro atoms. The zero-order valence-electron chi connectivity index (χ0n) is 8.36. The van der Waals surface area contributed by atoms with Crippen molar-refractivity contribution < 1.29 is 22.0 Å². The predicted octanol–water partition coefficient (Wildman–Crippen LogP) is 1.86. The van der Waals surface area contributed by atoms with Crippen LogP contribution in [0.5, 0.6) is 0 Å². The first-order chi connectivity index (χ1) is 7.87. The van der Waals surface area contributed by atoms with Crippen molar-refractivity contribution in [3.05, 3.63) is 24.3 Å². The van der Waals surface area contributed by atoms with E-state index in [1.807, 2.05) is 0 Å². The number of amides is 1. The molecule has 4 nitrogen and oxygen atoms in total. The third-order valence-corrected chi connectivity index (χ3v) is 3.46. The van der Waals surface area contributed by atoms with Crippen molar-refractivity contribution in [2.24, 2.45) is 0 Å². The quantitative estimate of drug-likeness (QED) is 0.858. The summed E-state index contributed by atoms with van der Waals surface area (Å²) in [4.78, 5) is 10.4. The average Bonchev–Trinajstić information content (AvgIpc) is 2.29. The molecule has 17 heavy (non-hydrogen) atoms. The van der Waals surface area contributed by atoms with Gasteiger partial charge in [-0.25, -0.2) is 8.42 Å². The summed E-state index contributed by atoms with van der Waals surface area (Å²) in [7, 11) is -4.60. The fraction of sp³-hybridized carbons (Fsp3) is 0.222. The Morgan fingerprint density at radius 1 is 1.29 bits per heavy atom. The first kappa shape index (κ1) is 13.9. The third-order valence-electron chi connectivity index (χ3n) is 1.82. The van der Waals surface area contributed by atoms with Crippen LogP contribution < -0.4 is 5.32 Å². The summed E-state index contributed by atoms with van der Waals surface area (Å²) in [6.45, 7) is 0. The Balaban J connectivity index is 2.93. The molecule has 1 N–H and O–H groups in total. The molecule has 94 valence electrons. The molecule has 1 amide bonds. The number of hydrogen-bond acceptors (Lipinski definition) is 3. The van der Waals surface area contributed by atoms with Crippen molar-refractivity contribution >= 4 is 33.0 Å².